The van der Waals surface area contributed by atoms with Gasteiger partial charge in [-0.05, 0) is 36.8 Å². The van der Waals surface area contributed by atoms with Crippen LogP contribution in [-0.4, -0.2) is 16.7 Å². The van der Waals surface area contributed by atoms with Crippen LogP contribution in [0.25, 0.3) is 0 Å². The lowest BCUT2D eigenvalue weighted by Gasteiger charge is -2.09. The van der Waals surface area contributed by atoms with Gasteiger partial charge in [-0.1, -0.05) is 6.92 Å². The molecular formula is C16H15F3N2O2S. The van der Waals surface area contributed by atoms with Crippen molar-refractivity contribution in [1.82, 2.24) is 4.72 Å². The molecule has 0 bridgehead atoms. The predicted octanol–water partition coefficient (Wildman–Crippen LogP) is 3.38. The first-order valence-corrected chi connectivity index (χ1v) is 8.28. The Balaban J connectivity index is 2.21. The second-order valence-corrected chi connectivity index (χ2v) is 6.19. The second-order valence-electron chi connectivity index (χ2n) is 4.89. The molecule has 1 unspecified atom stereocenters. The fourth-order valence-electron chi connectivity index (χ4n) is 1.84. The summed E-state index contributed by atoms with van der Waals surface area (Å²) >= 11 is 0. The molecule has 0 aliphatic carbocycles. The summed E-state index contributed by atoms with van der Waals surface area (Å²) in [5.41, 5.74) is -0.363. The van der Waals surface area contributed by atoms with E-state index in [0.717, 1.165) is 36.8 Å². The van der Waals surface area contributed by atoms with E-state index in [1.165, 1.54) is 6.07 Å². The highest BCUT2D eigenvalue weighted by atomic mass is 32.2. The molecule has 4 nitrogen and oxygen atoms in total. The van der Waals surface area contributed by atoms with Gasteiger partial charge in [0.05, 0.1) is 10.5 Å². The van der Waals surface area contributed by atoms with Gasteiger partial charge >= 0.3 is 0 Å². The van der Waals surface area contributed by atoms with Crippen LogP contribution in [0.2, 0.25) is 0 Å². The van der Waals surface area contributed by atoms with Crippen LogP contribution in [0.15, 0.2) is 41.3 Å². The summed E-state index contributed by atoms with van der Waals surface area (Å²) in [6.45, 7) is 2.40. The number of carbonyl (C=O) groups excluding carboxylic acids is 1. The van der Waals surface area contributed by atoms with Crippen LogP contribution in [0.5, 0.6) is 0 Å². The maximum absolute atomic E-state index is 13.9. The standard InChI is InChI=1S/C16H15F3N2O2S/c1-2-7-20-24(23)11-4-6-13(17)12(9-11)16(22)21-10-3-5-14(18)15(19)8-10/h3-6,8-9,20H,2,7H2,1H3,(H,21,22). The van der Waals surface area contributed by atoms with E-state index in [1.54, 1.807) is 0 Å². The molecule has 0 radical (unpaired) electrons. The Hall–Kier alpha value is -2.19. The Morgan fingerprint density at radius 1 is 1.04 bits per heavy atom. The van der Waals surface area contributed by atoms with Gasteiger partial charge in [-0.15, -0.1) is 0 Å². The van der Waals surface area contributed by atoms with E-state index in [-0.39, 0.29) is 16.1 Å². The Morgan fingerprint density at radius 2 is 1.75 bits per heavy atom. The zero-order chi connectivity index (χ0) is 17.7. The fraction of sp³-hybridized carbons (Fsp3) is 0.188. The van der Waals surface area contributed by atoms with Crippen LogP contribution in [0.1, 0.15) is 23.7 Å². The van der Waals surface area contributed by atoms with Crippen molar-refractivity contribution in [3.63, 3.8) is 0 Å². The number of hydrogen-bond acceptors (Lipinski definition) is 2. The summed E-state index contributed by atoms with van der Waals surface area (Å²) < 4.78 is 54.6. The highest BCUT2D eigenvalue weighted by Crippen LogP contribution is 2.17. The van der Waals surface area contributed by atoms with Crippen LogP contribution in [0.4, 0.5) is 18.9 Å². The van der Waals surface area contributed by atoms with Crippen molar-refractivity contribution in [2.75, 3.05) is 11.9 Å². The maximum atomic E-state index is 13.9. The summed E-state index contributed by atoms with van der Waals surface area (Å²) in [5.74, 6) is -3.86. The number of anilines is 1. The van der Waals surface area contributed by atoms with Crippen molar-refractivity contribution in [3.05, 3.63) is 59.4 Å². The molecule has 1 amide bonds. The number of amides is 1. The topological polar surface area (TPSA) is 58.2 Å². The molecule has 2 rings (SSSR count). The van der Waals surface area contributed by atoms with Gasteiger partial charge in [0.1, 0.15) is 16.8 Å². The molecule has 8 heteroatoms. The van der Waals surface area contributed by atoms with Crippen LogP contribution in [-0.2, 0) is 11.0 Å². The molecule has 0 fully saturated rings. The average molecular weight is 356 g/mol. The van der Waals surface area contributed by atoms with Gasteiger partial charge in [0, 0.05) is 18.3 Å². The van der Waals surface area contributed by atoms with Crippen LogP contribution in [0.3, 0.4) is 0 Å². The number of rotatable bonds is 6. The average Bonchev–Trinajstić information content (AvgIpc) is 2.56. The third kappa shape index (κ3) is 4.42. The van der Waals surface area contributed by atoms with Crippen LogP contribution >= 0.6 is 0 Å². The highest BCUT2D eigenvalue weighted by Gasteiger charge is 2.16. The molecule has 0 heterocycles. The molecule has 128 valence electrons. The van der Waals surface area contributed by atoms with Crippen molar-refractivity contribution >= 4 is 22.6 Å². The van der Waals surface area contributed by atoms with E-state index < -0.39 is 34.3 Å². The summed E-state index contributed by atoms with van der Waals surface area (Å²) in [6, 6.07) is 6.28. The number of halogens is 3. The lowest BCUT2D eigenvalue weighted by atomic mass is 10.2. The van der Waals surface area contributed by atoms with E-state index in [1.807, 2.05) is 6.92 Å². The molecular weight excluding hydrogens is 341 g/mol. The zero-order valence-electron chi connectivity index (χ0n) is 12.7. The van der Waals surface area contributed by atoms with Crippen molar-refractivity contribution in [1.29, 1.82) is 0 Å². The number of hydrogen-bond donors (Lipinski definition) is 2. The molecule has 2 N–H and O–H groups in total. The summed E-state index contributed by atoms with van der Waals surface area (Å²) in [5, 5.41) is 2.27. The normalized spacial score (nSPS) is 12.0. The Labute approximate surface area is 139 Å². The Kier molecular flexibility index (Phi) is 6.10. The Bertz CT molecular complexity index is 784. The summed E-state index contributed by atoms with van der Waals surface area (Å²) in [6.07, 6.45) is 0.760. The number of benzene rings is 2. The zero-order valence-corrected chi connectivity index (χ0v) is 13.6. The summed E-state index contributed by atoms with van der Waals surface area (Å²) in [7, 11) is -1.58. The van der Waals surface area contributed by atoms with E-state index in [2.05, 4.69) is 10.0 Å². The van der Waals surface area contributed by atoms with Gasteiger partial charge in [0.25, 0.3) is 5.91 Å². The Morgan fingerprint density at radius 3 is 2.42 bits per heavy atom. The molecule has 2 aromatic rings. The van der Waals surface area contributed by atoms with Gasteiger partial charge in [-0.3, -0.25) is 4.79 Å². The van der Waals surface area contributed by atoms with Crippen molar-refractivity contribution in [3.8, 4) is 0 Å². The quantitative estimate of drug-likeness (QED) is 0.834. The van der Waals surface area contributed by atoms with Crippen molar-refractivity contribution in [2.45, 2.75) is 18.2 Å². The molecule has 0 saturated carbocycles. The predicted molar refractivity (Wildman–Crippen MR) is 85.4 cm³/mol. The molecule has 0 aliphatic heterocycles. The SMILES string of the molecule is CCCNS(=O)c1ccc(F)c(C(=O)Nc2ccc(F)c(F)c2)c1. The molecule has 0 aliphatic rings. The molecule has 0 saturated heterocycles. The van der Waals surface area contributed by atoms with E-state index in [4.69, 9.17) is 0 Å². The minimum absolute atomic E-state index is 0.0195. The second kappa shape index (κ2) is 8.07. The van der Waals surface area contributed by atoms with Gasteiger partial charge in [-0.2, -0.15) is 0 Å². The number of nitrogens with one attached hydrogen (secondary N) is 2. The van der Waals surface area contributed by atoms with Gasteiger partial charge in [0.15, 0.2) is 11.6 Å². The molecule has 2 aromatic carbocycles. The molecule has 1 atom stereocenters. The van der Waals surface area contributed by atoms with Gasteiger partial charge in [-0.25, -0.2) is 22.1 Å². The van der Waals surface area contributed by atoms with Gasteiger partial charge < -0.3 is 5.32 Å². The van der Waals surface area contributed by atoms with Crippen molar-refractivity contribution in [2.24, 2.45) is 0 Å². The fourth-order valence-corrected chi connectivity index (χ4v) is 2.82. The largest absolute Gasteiger partial charge is 0.322 e. The van der Waals surface area contributed by atoms with Crippen LogP contribution in [0, 0.1) is 17.5 Å². The summed E-state index contributed by atoms with van der Waals surface area (Å²) in [4.78, 5) is 12.4. The van der Waals surface area contributed by atoms with E-state index >= 15 is 0 Å². The monoisotopic (exact) mass is 356 g/mol. The third-order valence-electron chi connectivity index (χ3n) is 3.06. The third-order valence-corrected chi connectivity index (χ3v) is 4.21. The lowest BCUT2D eigenvalue weighted by molar-refractivity contribution is 0.102. The first-order chi connectivity index (χ1) is 11.4. The lowest BCUT2D eigenvalue weighted by Crippen LogP contribution is -2.19. The minimum atomic E-state index is -1.58. The molecule has 24 heavy (non-hydrogen) atoms. The van der Waals surface area contributed by atoms with Gasteiger partial charge in [0.2, 0.25) is 0 Å². The smallest absolute Gasteiger partial charge is 0.258 e. The van der Waals surface area contributed by atoms with E-state index in [9.17, 15) is 22.2 Å². The molecule has 0 spiro atoms. The maximum Gasteiger partial charge on any atom is 0.258 e. The first-order valence-electron chi connectivity index (χ1n) is 7.13. The minimum Gasteiger partial charge on any atom is -0.322 e. The highest BCUT2D eigenvalue weighted by molar-refractivity contribution is 7.83. The van der Waals surface area contributed by atoms with Crippen LogP contribution < -0.4 is 10.0 Å². The molecule has 0 aromatic heterocycles. The van der Waals surface area contributed by atoms with Crippen molar-refractivity contribution < 1.29 is 22.2 Å². The van der Waals surface area contributed by atoms with E-state index in [0.29, 0.717) is 6.54 Å². The first kappa shape index (κ1) is 18.2. The number of carbonyl (C=O) groups is 1.